The van der Waals surface area contributed by atoms with Crippen LogP contribution >= 0.6 is 26.8 Å². The van der Waals surface area contributed by atoms with Crippen LogP contribution in [0.5, 0.6) is 0 Å². The molecule has 0 aliphatic heterocycles. The minimum absolute atomic E-state index is 0.831. The molecule has 0 aromatic heterocycles. The zero-order valence-electron chi connectivity index (χ0n) is 6.20. The van der Waals surface area contributed by atoms with Gasteiger partial charge in [0.05, 0.1) is 0 Å². The van der Waals surface area contributed by atoms with Gasteiger partial charge in [-0.3, -0.25) is 0 Å². The van der Waals surface area contributed by atoms with Crippen molar-refractivity contribution in [2.75, 3.05) is 20.6 Å². The Kier molecular flexibility index (Phi) is 6.17. The van der Waals surface area contributed by atoms with E-state index in [-0.39, 0.29) is 0 Å². The average Bonchev–Trinajstić information content (AvgIpc) is 1.59. The van der Waals surface area contributed by atoms with Crippen LogP contribution in [0.3, 0.4) is 0 Å². The van der Waals surface area contributed by atoms with Crippen molar-refractivity contribution < 1.29 is 0 Å². The summed E-state index contributed by atoms with van der Waals surface area (Å²) in [6.07, 6.45) is 1.01. The molecule has 0 bridgehead atoms. The van der Waals surface area contributed by atoms with Crippen molar-refractivity contribution in [1.29, 1.82) is 0 Å². The predicted molar refractivity (Wildman–Crippen MR) is 51.3 cm³/mol. The molecule has 0 rings (SSSR count). The summed E-state index contributed by atoms with van der Waals surface area (Å²) in [4.78, 5) is 2.10. The van der Waals surface area contributed by atoms with E-state index < -0.39 is 15.0 Å². The van der Waals surface area contributed by atoms with Crippen LogP contribution in [0, 0.1) is 0 Å². The van der Waals surface area contributed by atoms with Crippen LogP contribution < -0.4 is 0 Å². The Morgan fingerprint density at radius 3 is 2.00 bits per heavy atom. The number of hydrogen-bond donors (Lipinski definition) is 0. The van der Waals surface area contributed by atoms with Crippen LogP contribution in [-0.2, 0) is 0 Å². The van der Waals surface area contributed by atoms with Gasteiger partial charge >= 0.3 is 78.2 Å². The standard InChI is InChI=1S/C5H12N.3ClH.Sn/c1-4-5-6(2)3;;;;/h1,4-5H2,2-3H3;3*1H;/q;;;;+3/p-3. The first-order valence-corrected chi connectivity index (χ1v) is 16.0. The molecule has 5 heteroatoms. The van der Waals surface area contributed by atoms with E-state index in [4.69, 9.17) is 26.8 Å². The first-order valence-electron chi connectivity index (χ1n) is 3.13. The second-order valence-corrected chi connectivity index (χ2v) is 24.3. The first kappa shape index (κ1) is 11.6. The second kappa shape index (κ2) is 5.31. The molecular weight excluding hydrogens is 299 g/mol. The Morgan fingerprint density at radius 1 is 1.20 bits per heavy atom. The van der Waals surface area contributed by atoms with Gasteiger partial charge < -0.3 is 0 Å². The van der Waals surface area contributed by atoms with Gasteiger partial charge in [0.1, 0.15) is 0 Å². The van der Waals surface area contributed by atoms with E-state index in [9.17, 15) is 0 Å². The number of nitrogens with zero attached hydrogens (tertiary/aromatic N) is 1. The van der Waals surface area contributed by atoms with E-state index in [2.05, 4.69) is 4.90 Å². The molecule has 10 heavy (non-hydrogen) atoms. The van der Waals surface area contributed by atoms with E-state index in [0.29, 0.717) is 0 Å². The van der Waals surface area contributed by atoms with E-state index >= 15 is 0 Å². The molecule has 0 aromatic rings. The van der Waals surface area contributed by atoms with Crippen LogP contribution in [0.15, 0.2) is 0 Å². The molecule has 0 saturated heterocycles. The maximum absolute atomic E-state index is 5.74. The first-order chi connectivity index (χ1) is 4.42. The molecule has 0 N–H and O–H groups in total. The Bertz CT molecular complexity index is 91.4. The Morgan fingerprint density at radius 2 is 1.70 bits per heavy atom. The Balaban J connectivity index is 3.21. The molecule has 0 aliphatic carbocycles. The molecule has 62 valence electrons. The molecule has 0 aliphatic rings. The molecule has 0 amide bonds. The van der Waals surface area contributed by atoms with Gasteiger partial charge in [-0.05, 0) is 0 Å². The van der Waals surface area contributed by atoms with Gasteiger partial charge in [-0.1, -0.05) is 0 Å². The summed E-state index contributed by atoms with van der Waals surface area (Å²) in [6.45, 7) is 1.02. The molecule has 0 saturated carbocycles. The summed E-state index contributed by atoms with van der Waals surface area (Å²) in [5.74, 6) is 0. The zero-order valence-corrected chi connectivity index (χ0v) is 11.3. The van der Waals surface area contributed by atoms with E-state index in [1.165, 1.54) is 0 Å². The summed E-state index contributed by atoms with van der Waals surface area (Å²) in [7, 11) is 21.3. The summed E-state index contributed by atoms with van der Waals surface area (Å²) in [6, 6.07) is 0. The molecule has 0 unspecified atom stereocenters. The van der Waals surface area contributed by atoms with Crippen LogP contribution in [0.4, 0.5) is 0 Å². The average molecular weight is 311 g/mol. The van der Waals surface area contributed by atoms with Gasteiger partial charge in [0.15, 0.2) is 0 Å². The fourth-order valence-electron chi connectivity index (χ4n) is 0.596. The normalized spacial score (nSPS) is 12.6. The monoisotopic (exact) mass is 311 g/mol. The summed E-state index contributed by atoms with van der Waals surface area (Å²) >= 11 is -2.98. The fourth-order valence-corrected chi connectivity index (χ4v) is 4.88. The third kappa shape index (κ3) is 9.63. The van der Waals surface area contributed by atoms with Gasteiger partial charge in [0.2, 0.25) is 0 Å². The number of rotatable bonds is 4. The van der Waals surface area contributed by atoms with Gasteiger partial charge in [-0.2, -0.15) is 0 Å². The van der Waals surface area contributed by atoms with Crippen molar-refractivity contribution in [2.24, 2.45) is 0 Å². The van der Waals surface area contributed by atoms with Crippen LogP contribution in [-0.4, -0.2) is 40.5 Å². The van der Waals surface area contributed by atoms with Crippen molar-refractivity contribution >= 4 is 41.8 Å². The summed E-state index contributed by atoms with van der Waals surface area (Å²) in [5, 5.41) is 0. The predicted octanol–water partition coefficient (Wildman–Crippen LogP) is 2.59. The summed E-state index contributed by atoms with van der Waals surface area (Å²) in [5.41, 5.74) is 0. The molecule has 0 fully saturated rings. The van der Waals surface area contributed by atoms with Crippen molar-refractivity contribution in [3.05, 3.63) is 0 Å². The third-order valence-electron chi connectivity index (χ3n) is 1.07. The number of hydrogen-bond acceptors (Lipinski definition) is 1. The molecule has 1 nitrogen and oxygen atoms in total. The topological polar surface area (TPSA) is 3.24 Å². The van der Waals surface area contributed by atoms with Crippen molar-refractivity contribution in [3.8, 4) is 0 Å². The molecule has 0 atom stereocenters. The second-order valence-electron chi connectivity index (χ2n) is 2.52. The van der Waals surface area contributed by atoms with E-state index in [1.807, 2.05) is 14.1 Å². The van der Waals surface area contributed by atoms with Crippen LogP contribution in [0.2, 0.25) is 4.44 Å². The van der Waals surface area contributed by atoms with Gasteiger partial charge in [-0.25, -0.2) is 0 Å². The van der Waals surface area contributed by atoms with Crippen molar-refractivity contribution in [2.45, 2.75) is 10.9 Å². The number of halogens is 3. The Hall–Kier alpha value is 1.63. The third-order valence-corrected chi connectivity index (χ3v) is 7.50. The van der Waals surface area contributed by atoms with Crippen molar-refractivity contribution in [1.82, 2.24) is 4.90 Å². The summed E-state index contributed by atoms with van der Waals surface area (Å²) < 4.78 is 0.831. The van der Waals surface area contributed by atoms with Gasteiger partial charge in [-0.15, -0.1) is 0 Å². The van der Waals surface area contributed by atoms with E-state index in [0.717, 1.165) is 17.4 Å². The fraction of sp³-hybridized carbons (Fsp3) is 1.00. The van der Waals surface area contributed by atoms with Crippen LogP contribution in [0.1, 0.15) is 6.42 Å². The zero-order chi connectivity index (χ0) is 8.20. The van der Waals surface area contributed by atoms with Gasteiger partial charge in [0, 0.05) is 0 Å². The molecule has 0 spiro atoms. The van der Waals surface area contributed by atoms with Gasteiger partial charge in [0.25, 0.3) is 0 Å². The Labute approximate surface area is 77.6 Å². The molecule has 0 aromatic carbocycles. The minimum atomic E-state index is -2.98. The quantitative estimate of drug-likeness (QED) is 0.722. The maximum atomic E-state index is 5.74. The van der Waals surface area contributed by atoms with Crippen LogP contribution in [0.25, 0.3) is 0 Å². The molecule has 0 heterocycles. The van der Waals surface area contributed by atoms with Crippen molar-refractivity contribution in [3.63, 3.8) is 0 Å². The molecule has 0 radical (unpaired) electrons. The SMILES string of the molecule is CN(C)CC[CH2][Sn]([Cl])([Cl])[Cl]. The van der Waals surface area contributed by atoms with E-state index in [1.54, 1.807) is 0 Å². The molecular formula is C5H12Cl3NSn.